The highest BCUT2D eigenvalue weighted by Gasteiger charge is 2.18. The normalized spacial score (nSPS) is 11.1. The number of nitrogens with one attached hydrogen (secondary N) is 1. The Kier molecular flexibility index (Phi) is 6.18. The number of carbonyl (C=O) groups excluding carboxylic acids is 1. The van der Waals surface area contributed by atoms with E-state index in [-0.39, 0.29) is 17.2 Å². The minimum atomic E-state index is -0.365. The summed E-state index contributed by atoms with van der Waals surface area (Å²) in [5, 5.41) is 2.78. The Morgan fingerprint density at radius 2 is 1.75 bits per heavy atom. The summed E-state index contributed by atoms with van der Waals surface area (Å²) in [6.07, 6.45) is 1.74. The number of amides is 1. The van der Waals surface area contributed by atoms with Crippen LogP contribution in [0.25, 0.3) is 5.69 Å². The highest BCUT2D eigenvalue weighted by molar-refractivity contribution is 9.10. The topological polar surface area (TPSA) is 68.4 Å². The van der Waals surface area contributed by atoms with Gasteiger partial charge in [0.2, 0.25) is 0 Å². The second-order valence-corrected chi connectivity index (χ2v) is 8.17. The van der Waals surface area contributed by atoms with Crippen molar-refractivity contribution >= 4 is 39.4 Å². The molecule has 4 aromatic rings. The lowest BCUT2D eigenvalue weighted by Gasteiger charge is -2.07. The first-order valence-electron chi connectivity index (χ1n) is 9.99. The molecule has 4 rings (SSSR count). The zero-order chi connectivity index (χ0) is 22.7. The molecule has 0 aliphatic heterocycles. The molecule has 3 aromatic carbocycles. The number of nitrogens with zero attached hydrogens (tertiary/aromatic N) is 3. The van der Waals surface area contributed by atoms with Gasteiger partial charge in [0.15, 0.2) is 0 Å². The van der Waals surface area contributed by atoms with Crippen molar-refractivity contribution in [2.45, 2.75) is 6.92 Å². The third-order valence-electron chi connectivity index (χ3n) is 5.11. The van der Waals surface area contributed by atoms with E-state index in [9.17, 15) is 9.59 Å². The number of para-hydroxylation sites is 1. The summed E-state index contributed by atoms with van der Waals surface area (Å²) >= 11 is 3.44. The average molecular weight is 489 g/mol. The lowest BCUT2D eigenvalue weighted by molar-refractivity contribution is 0.102. The van der Waals surface area contributed by atoms with Gasteiger partial charge in [0.1, 0.15) is 5.69 Å². The van der Waals surface area contributed by atoms with E-state index < -0.39 is 0 Å². The second-order valence-electron chi connectivity index (χ2n) is 7.25. The van der Waals surface area contributed by atoms with Crippen LogP contribution in [0.5, 0.6) is 0 Å². The van der Waals surface area contributed by atoms with Crippen molar-refractivity contribution in [3.8, 4) is 5.69 Å². The van der Waals surface area contributed by atoms with Gasteiger partial charge in [-0.25, -0.2) is 4.68 Å². The van der Waals surface area contributed by atoms with E-state index in [1.54, 1.807) is 43.1 Å². The zero-order valence-corrected chi connectivity index (χ0v) is 19.2. The minimum Gasteiger partial charge on any atom is -0.316 e. The first kappa shape index (κ1) is 21.5. The van der Waals surface area contributed by atoms with Gasteiger partial charge in [0, 0.05) is 23.3 Å². The summed E-state index contributed by atoms with van der Waals surface area (Å²) in [6.45, 7) is 1.80. The molecule has 0 radical (unpaired) electrons. The molecule has 7 heteroatoms. The molecule has 0 aliphatic carbocycles. The second kappa shape index (κ2) is 9.20. The van der Waals surface area contributed by atoms with Gasteiger partial charge in [-0.15, -0.1) is 0 Å². The van der Waals surface area contributed by atoms with Crippen LogP contribution in [0.15, 0.2) is 93.1 Å². The molecule has 1 N–H and O–H groups in total. The third-order valence-corrected chi connectivity index (χ3v) is 5.61. The van der Waals surface area contributed by atoms with Crippen molar-refractivity contribution in [2.24, 2.45) is 12.0 Å². The zero-order valence-electron chi connectivity index (χ0n) is 17.6. The van der Waals surface area contributed by atoms with Crippen LogP contribution in [-0.4, -0.2) is 21.5 Å². The van der Waals surface area contributed by atoms with Crippen LogP contribution in [0.2, 0.25) is 0 Å². The molecule has 1 heterocycles. The number of carbonyl (C=O) groups is 1. The summed E-state index contributed by atoms with van der Waals surface area (Å²) < 4.78 is 4.23. The van der Waals surface area contributed by atoms with Crippen LogP contribution in [-0.2, 0) is 7.05 Å². The summed E-state index contributed by atoms with van der Waals surface area (Å²) in [6, 6.07) is 24.1. The fraction of sp³-hybridized carbons (Fsp3) is 0.0800. The Morgan fingerprint density at radius 3 is 2.50 bits per heavy atom. The molecule has 0 unspecified atom stereocenters. The molecule has 6 nitrogen and oxygen atoms in total. The molecule has 1 aromatic heterocycles. The molecule has 0 saturated heterocycles. The highest BCUT2D eigenvalue weighted by Crippen LogP contribution is 2.18. The van der Waals surface area contributed by atoms with Gasteiger partial charge in [-0.05, 0) is 55.0 Å². The smallest absolute Gasteiger partial charge is 0.295 e. The predicted molar refractivity (Wildman–Crippen MR) is 132 cm³/mol. The van der Waals surface area contributed by atoms with Gasteiger partial charge in [0.25, 0.3) is 11.5 Å². The van der Waals surface area contributed by atoms with E-state index >= 15 is 0 Å². The molecule has 1 amide bonds. The van der Waals surface area contributed by atoms with E-state index in [1.807, 2.05) is 60.7 Å². The molecule has 0 saturated carbocycles. The Morgan fingerprint density at radius 1 is 1.00 bits per heavy atom. The van der Waals surface area contributed by atoms with Gasteiger partial charge in [0.05, 0.1) is 17.1 Å². The molecular formula is C25H21BrN4O2. The van der Waals surface area contributed by atoms with Crippen LogP contribution in [0.1, 0.15) is 21.6 Å². The monoisotopic (exact) mass is 488 g/mol. The number of halogens is 1. The minimum absolute atomic E-state index is 0.254. The van der Waals surface area contributed by atoms with Crippen LogP contribution in [0.3, 0.4) is 0 Å². The van der Waals surface area contributed by atoms with Crippen molar-refractivity contribution in [2.75, 3.05) is 5.32 Å². The molecule has 0 spiro atoms. The molecule has 0 fully saturated rings. The summed E-state index contributed by atoms with van der Waals surface area (Å²) in [7, 11) is 1.79. The molecule has 160 valence electrons. The van der Waals surface area contributed by atoms with E-state index in [0.717, 1.165) is 15.7 Å². The lowest BCUT2D eigenvalue weighted by atomic mass is 10.2. The molecular weight excluding hydrogens is 468 g/mol. The Labute approximate surface area is 194 Å². The van der Waals surface area contributed by atoms with Crippen molar-refractivity contribution in [1.82, 2.24) is 9.36 Å². The predicted octanol–water partition coefficient (Wildman–Crippen LogP) is 5.25. The van der Waals surface area contributed by atoms with Gasteiger partial charge in [-0.3, -0.25) is 19.3 Å². The quantitative estimate of drug-likeness (QED) is 0.389. The number of hydrogen-bond donors (Lipinski definition) is 1. The number of aromatic nitrogens is 2. The van der Waals surface area contributed by atoms with E-state index in [1.165, 1.54) is 4.68 Å². The Balaban J connectivity index is 1.59. The van der Waals surface area contributed by atoms with Crippen molar-refractivity contribution in [1.29, 1.82) is 0 Å². The highest BCUT2D eigenvalue weighted by atomic mass is 79.9. The summed E-state index contributed by atoms with van der Waals surface area (Å²) in [4.78, 5) is 30.4. The van der Waals surface area contributed by atoms with Gasteiger partial charge in [-0.2, -0.15) is 0 Å². The molecule has 0 bridgehead atoms. The third kappa shape index (κ3) is 4.48. The van der Waals surface area contributed by atoms with Gasteiger partial charge >= 0.3 is 0 Å². The maximum atomic E-state index is 13.0. The summed E-state index contributed by atoms with van der Waals surface area (Å²) in [5.41, 5.74) is 3.36. The van der Waals surface area contributed by atoms with Crippen LogP contribution >= 0.6 is 15.9 Å². The lowest BCUT2D eigenvalue weighted by Crippen LogP contribution is -2.22. The van der Waals surface area contributed by atoms with E-state index in [0.29, 0.717) is 16.9 Å². The van der Waals surface area contributed by atoms with Crippen molar-refractivity contribution in [3.05, 3.63) is 111 Å². The number of rotatable bonds is 5. The Hall–Kier alpha value is -3.71. The van der Waals surface area contributed by atoms with Crippen molar-refractivity contribution < 1.29 is 4.79 Å². The van der Waals surface area contributed by atoms with E-state index in [4.69, 9.17) is 0 Å². The summed E-state index contributed by atoms with van der Waals surface area (Å²) in [5.74, 6) is -0.365. The van der Waals surface area contributed by atoms with Crippen molar-refractivity contribution in [3.63, 3.8) is 0 Å². The van der Waals surface area contributed by atoms with Gasteiger partial charge in [-0.1, -0.05) is 52.3 Å². The maximum absolute atomic E-state index is 13.0. The largest absolute Gasteiger partial charge is 0.316 e. The first-order valence-corrected chi connectivity index (χ1v) is 10.8. The molecule has 0 atom stereocenters. The fourth-order valence-corrected chi connectivity index (χ4v) is 3.78. The van der Waals surface area contributed by atoms with Crippen LogP contribution < -0.4 is 10.9 Å². The number of hydrogen-bond acceptors (Lipinski definition) is 3. The van der Waals surface area contributed by atoms with Crippen LogP contribution in [0.4, 0.5) is 11.4 Å². The van der Waals surface area contributed by atoms with Crippen LogP contribution in [0, 0.1) is 6.92 Å². The average Bonchev–Trinajstić information content (AvgIpc) is 3.01. The van der Waals surface area contributed by atoms with E-state index in [2.05, 4.69) is 26.2 Å². The SMILES string of the molecule is Cc1c(NC(=O)c2cccc(N=Cc3cccc(Br)c3)c2)c(=O)n(-c2ccccc2)n1C. The standard InChI is InChI=1S/C25H21BrN4O2/c1-17-23(25(32)30(29(17)2)22-12-4-3-5-13-22)28-24(31)19-9-7-11-21(15-19)27-16-18-8-6-10-20(26)14-18/h3-16H,1-2H3,(H,28,31). The maximum Gasteiger partial charge on any atom is 0.295 e. The fourth-order valence-electron chi connectivity index (χ4n) is 3.36. The molecule has 32 heavy (non-hydrogen) atoms. The Bertz CT molecular complexity index is 1370. The number of benzene rings is 3. The van der Waals surface area contributed by atoms with Gasteiger partial charge < -0.3 is 5.32 Å². The number of aliphatic imine (C=N–C) groups is 1. The molecule has 0 aliphatic rings. The first-order chi connectivity index (χ1) is 15.4. The number of anilines is 1.